The van der Waals surface area contributed by atoms with E-state index in [1.165, 1.54) is 18.3 Å². The predicted molar refractivity (Wildman–Crippen MR) is 93.7 cm³/mol. The molecule has 0 aliphatic carbocycles. The Kier molecular flexibility index (Phi) is 5.26. The van der Waals surface area contributed by atoms with Gasteiger partial charge < -0.3 is 4.90 Å². The fourth-order valence-corrected chi connectivity index (χ4v) is 2.10. The third-order valence-corrected chi connectivity index (χ3v) is 3.39. The van der Waals surface area contributed by atoms with Crippen LogP contribution in [0.15, 0.2) is 47.6 Å². The van der Waals surface area contributed by atoms with Crippen LogP contribution in [0.5, 0.6) is 0 Å². The molecule has 0 aliphatic heterocycles. The molecule has 124 valence electrons. The Morgan fingerprint density at radius 3 is 2.46 bits per heavy atom. The maximum absolute atomic E-state index is 12.0. The summed E-state index contributed by atoms with van der Waals surface area (Å²) in [5.74, 6) is -0.344. The lowest BCUT2D eigenvalue weighted by Gasteiger charge is -2.14. The zero-order chi connectivity index (χ0) is 17.7. The number of amides is 1. The van der Waals surface area contributed by atoms with Crippen molar-refractivity contribution in [2.75, 3.05) is 19.0 Å². The fraction of sp³-hybridized carbons (Fsp3) is 0.176. The first-order chi connectivity index (χ1) is 11.4. The van der Waals surface area contributed by atoms with Crippen molar-refractivity contribution in [2.24, 2.45) is 5.10 Å². The highest BCUT2D eigenvalue weighted by Gasteiger charge is 2.11. The van der Waals surface area contributed by atoms with Gasteiger partial charge in [0.15, 0.2) is 0 Å². The second kappa shape index (κ2) is 7.36. The van der Waals surface area contributed by atoms with E-state index in [0.29, 0.717) is 11.1 Å². The summed E-state index contributed by atoms with van der Waals surface area (Å²) in [7, 11) is 3.65. The number of rotatable bonds is 5. The number of carbonyl (C=O) groups is 1. The van der Waals surface area contributed by atoms with Crippen LogP contribution in [0.3, 0.4) is 0 Å². The first kappa shape index (κ1) is 17.1. The fourth-order valence-electron chi connectivity index (χ4n) is 2.10. The van der Waals surface area contributed by atoms with Crippen LogP contribution in [0.25, 0.3) is 0 Å². The Bertz CT molecular complexity index is 783. The van der Waals surface area contributed by atoms with Gasteiger partial charge in [-0.25, -0.2) is 5.43 Å². The zero-order valence-electron chi connectivity index (χ0n) is 13.7. The van der Waals surface area contributed by atoms with E-state index in [0.717, 1.165) is 11.3 Å². The summed E-state index contributed by atoms with van der Waals surface area (Å²) < 4.78 is 0. The molecule has 1 amide bonds. The van der Waals surface area contributed by atoms with Gasteiger partial charge in [0, 0.05) is 43.0 Å². The number of hydrazone groups is 1. The van der Waals surface area contributed by atoms with Crippen LogP contribution in [-0.2, 0) is 0 Å². The maximum atomic E-state index is 12.0. The van der Waals surface area contributed by atoms with Gasteiger partial charge in [-0.15, -0.1) is 0 Å². The average Bonchev–Trinajstić information content (AvgIpc) is 2.55. The zero-order valence-corrected chi connectivity index (χ0v) is 13.7. The van der Waals surface area contributed by atoms with E-state index in [1.54, 1.807) is 18.2 Å². The van der Waals surface area contributed by atoms with E-state index < -0.39 is 4.92 Å². The molecular weight excluding hydrogens is 308 g/mol. The van der Waals surface area contributed by atoms with Crippen molar-refractivity contribution in [3.63, 3.8) is 0 Å². The highest BCUT2D eigenvalue weighted by Crippen LogP contribution is 2.22. The van der Waals surface area contributed by atoms with Crippen molar-refractivity contribution in [1.29, 1.82) is 0 Å². The number of non-ortho nitro benzene ring substituents is 1. The molecule has 0 radical (unpaired) electrons. The number of nitro groups is 1. The molecule has 0 heterocycles. The van der Waals surface area contributed by atoms with Gasteiger partial charge in [0.2, 0.25) is 0 Å². The largest absolute Gasteiger partial charge is 0.377 e. The van der Waals surface area contributed by atoms with Gasteiger partial charge in [0.05, 0.1) is 11.1 Å². The molecule has 2 aromatic rings. The molecular formula is C17H18N4O3. The Hall–Kier alpha value is -3.22. The summed E-state index contributed by atoms with van der Waals surface area (Å²) in [5.41, 5.74) is 5.24. The first-order valence-electron chi connectivity index (χ1n) is 7.24. The van der Waals surface area contributed by atoms with E-state index in [1.807, 2.05) is 38.1 Å². The van der Waals surface area contributed by atoms with Crippen molar-refractivity contribution in [1.82, 2.24) is 5.43 Å². The lowest BCUT2D eigenvalue weighted by Crippen LogP contribution is -2.18. The molecule has 1 N–H and O–H groups in total. The highest BCUT2D eigenvalue weighted by molar-refractivity contribution is 5.95. The third-order valence-electron chi connectivity index (χ3n) is 3.39. The SMILES string of the molecule is Cc1ccc(C(=O)N/N=C\c2cc([N+](=O)[O-])ccc2N(C)C)cc1. The summed E-state index contributed by atoms with van der Waals surface area (Å²) in [6, 6.07) is 11.6. The van der Waals surface area contributed by atoms with Crippen LogP contribution in [-0.4, -0.2) is 31.1 Å². The van der Waals surface area contributed by atoms with E-state index in [9.17, 15) is 14.9 Å². The molecule has 0 saturated carbocycles. The molecule has 0 aliphatic rings. The number of nitrogens with one attached hydrogen (secondary N) is 1. The second-order valence-electron chi connectivity index (χ2n) is 5.46. The smallest absolute Gasteiger partial charge is 0.271 e. The van der Waals surface area contributed by atoms with Crippen LogP contribution >= 0.6 is 0 Å². The van der Waals surface area contributed by atoms with Crippen LogP contribution < -0.4 is 10.3 Å². The van der Waals surface area contributed by atoms with E-state index in [-0.39, 0.29) is 11.6 Å². The first-order valence-corrected chi connectivity index (χ1v) is 7.24. The minimum absolute atomic E-state index is 0.0353. The summed E-state index contributed by atoms with van der Waals surface area (Å²) in [6.45, 7) is 1.94. The average molecular weight is 326 g/mol. The second-order valence-corrected chi connectivity index (χ2v) is 5.46. The van der Waals surface area contributed by atoms with Gasteiger partial charge in [-0.05, 0) is 25.1 Å². The number of carbonyl (C=O) groups excluding carboxylic acids is 1. The molecule has 0 aromatic heterocycles. The Labute approximate surface area is 139 Å². The van der Waals surface area contributed by atoms with Crippen molar-refractivity contribution < 1.29 is 9.72 Å². The number of benzene rings is 2. The predicted octanol–water partition coefficient (Wildman–Crippen LogP) is 2.73. The van der Waals surface area contributed by atoms with Crippen LogP contribution in [0.2, 0.25) is 0 Å². The molecule has 0 saturated heterocycles. The normalized spacial score (nSPS) is 10.6. The summed E-state index contributed by atoms with van der Waals surface area (Å²) in [5, 5.41) is 14.8. The standard InChI is InChI=1S/C17H18N4O3/c1-12-4-6-13(7-5-12)17(22)19-18-11-14-10-15(21(23)24)8-9-16(14)20(2)3/h4-11H,1-3H3,(H,19,22)/b18-11-. The quantitative estimate of drug-likeness (QED) is 0.520. The van der Waals surface area contributed by atoms with Crippen LogP contribution in [0.4, 0.5) is 11.4 Å². The molecule has 7 nitrogen and oxygen atoms in total. The van der Waals surface area contributed by atoms with E-state index in [4.69, 9.17) is 0 Å². The molecule has 2 rings (SSSR count). The maximum Gasteiger partial charge on any atom is 0.271 e. The van der Waals surface area contributed by atoms with Gasteiger partial charge in [-0.2, -0.15) is 5.10 Å². The number of anilines is 1. The van der Waals surface area contributed by atoms with Crippen LogP contribution in [0, 0.1) is 17.0 Å². The number of nitro benzene ring substituents is 1. The lowest BCUT2D eigenvalue weighted by molar-refractivity contribution is -0.384. The summed E-state index contributed by atoms with van der Waals surface area (Å²) in [6.07, 6.45) is 1.40. The number of hydrogen-bond acceptors (Lipinski definition) is 5. The molecule has 2 aromatic carbocycles. The van der Waals surface area contributed by atoms with Crippen molar-refractivity contribution in [3.8, 4) is 0 Å². The highest BCUT2D eigenvalue weighted by atomic mass is 16.6. The van der Waals surface area contributed by atoms with Crippen molar-refractivity contribution in [2.45, 2.75) is 6.92 Å². The lowest BCUT2D eigenvalue weighted by atomic mass is 10.1. The molecule has 0 bridgehead atoms. The van der Waals surface area contributed by atoms with Gasteiger partial charge >= 0.3 is 0 Å². The summed E-state index contributed by atoms with van der Waals surface area (Å²) >= 11 is 0. The number of aryl methyl sites for hydroxylation is 1. The minimum Gasteiger partial charge on any atom is -0.377 e. The Balaban J connectivity index is 2.18. The van der Waals surface area contributed by atoms with Gasteiger partial charge in [-0.3, -0.25) is 14.9 Å². The van der Waals surface area contributed by atoms with Crippen molar-refractivity contribution >= 4 is 23.5 Å². The van der Waals surface area contributed by atoms with Gasteiger partial charge in [0.1, 0.15) is 0 Å². The summed E-state index contributed by atoms with van der Waals surface area (Å²) in [4.78, 5) is 24.2. The Morgan fingerprint density at radius 1 is 1.21 bits per heavy atom. The molecule has 0 unspecified atom stereocenters. The third kappa shape index (κ3) is 4.16. The monoisotopic (exact) mass is 326 g/mol. The molecule has 0 atom stereocenters. The number of nitrogens with zero attached hydrogens (tertiary/aromatic N) is 3. The minimum atomic E-state index is -0.471. The van der Waals surface area contributed by atoms with Gasteiger partial charge in [0.25, 0.3) is 11.6 Å². The topological polar surface area (TPSA) is 87.8 Å². The van der Waals surface area contributed by atoms with E-state index in [2.05, 4.69) is 10.5 Å². The Morgan fingerprint density at radius 2 is 1.88 bits per heavy atom. The molecule has 0 spiro atoms. The van der Waals surface area contributed by atoms with Crippen LogP contribution in [0.1, 0.15) is 21.5 Å². The van der Waals surface area contributed by atoms with Crippen molar-refractivity contribution in [3.05, 3.63) is 69.3 Å². The van der Waals surface area contributed by atoms with E-state index >= 15 is 0 Å². The molecule has 0 fully saturated rings. The molecule has 7 heteroatoms. The number of hydrogen-bond donors (Lipinski definition) is 1. The van der Waals surface area contributed by atoms with Gasteiger partial charge in [-0.1, -0.05) is 17.7 Å². The molecule has 24 heavy (non-hydrogen) atoms.